The number of rotatable bonds is 7. The minimum absolute atomic E-state index is 0.151. The molecule has 2 aliphatic heterocycles. The summed E-state index contributed by atoms with van der Waals surface area (Å²) >= 11 is 1.79. The molecule has 0 aliphatic carbocycles. The average molecular weight is 483 g/mol. The number of hydrogen-bond donors (Lipinski definition) is 0. The molecule has 0 bridgehead atoms. The maximum atomic E-state index is 12.0. The number of likely N-dealkylation sites (tertiary alicyclic amines) is 2. The van der Waals surface area contributed by atoms with E-state index in [1.807, 2.05) is 24.0 Å². The molecular formula is C28H38N2O3S. The molecule has 2 aromatic rings. The van der Waals surface area contributed by atoms with Crippen LogP contribution in [-0.4, -0.2) is 61.8 Å². The zero-order valence-corrected chi connectivity index (χ0v) is 21.6. The van der Waals surface area contributed by atoms with Crippen LogP contribution in [0.4, 0.5) is 4.79 Å². The van der Waals surface area contributed by atoms with Crippen molar-refractivity contribution in [2.24, 2.45) is 5.92 Å². The lowest BCUT2D eigenvalue weighted by Gasteiger charge is -2.42. The first kappa shape index (κ1) is 24.9. The normalized spacial score (nSPS) is 19.1. The number of carbonyl (C=O) groups is 1. The van der Waals surface area contributed by atoms with E-state index in [1.165, 1.54) is 41.3 Å². The molecule has 0 N–H and O–H groups in total. The van der Waals surface area contributed by atoms with E-state index in [2.05, 4.69) is 48.2 Å². The van der Waals surface area contributed by atoms with E-state index in [0.717, 1.165) is 37.6 Å². The zero-order valence-electron chi connectivity index (χ0n) is 20.7. The Hall–Kier alpha value is -2.18. The lowest BCUT2D eigenvalue weighted by Crippen LogP contribution is -2.49. The van der Waals surface area contributed by atoms with Crippen molar-refractivity contribution < 1.29 is 14.3 Å². The van der Waals surface area contributed by atoms with Gasteiger partial charge in [0, 0.05) is 28.9 Å². The van der Waals surface area contributed by atoms with Gasteiger partial charge in [-0.1, -0.05) is 30.8 Å². The first-order valence-corrected chi connectivity index (χ1v) is 13.5. The molecular weight excluding hydrogens is 444 g/mol. The monoisotopic (exact) mass is 482 g/mol. The lowest BCUT2D eigenvalue weighted by molar-refractivity contribution is 0.0594. The summed E-state index contributed by atoms with van der Waals surface area (Å²) in [7, 11) is 1.70. The molecule has 4 rings (SSSR count). The summed E-state index contributed by atoms with van der Waals surface area (Å²) in [6.45, 7) is 8.70. The predicted molar refractivity (Wildman–Crippen MR) is 138 cm³/mol. The van der Waals surface area contributed by atoms with Gasteiger partial charge >= 0.3 is 6.09 Å². The summed E-state index contributed by atoms with van der Waals surface area (Å²) in [6, 6.07) is 18.0. The van der Waals surface area contributed by atoms with Gasteiger partial charge in [-0.05, 0) is 99.5 Å². The van der Waals surface area contributed by atoms with Crippen molar-refractivity contribution in [3.05, 3.63) is 54.1 Å². The van der Waals surface area contributed by atoms with Crippen molar-refractivity contribution in [2.75, 3.05) is 39.9 Å². The zero-order chi connectivity index (χ0) is 23.9. The van der Waals surface area contributed by atoms with Crippen LogP contribution in [0.25, 0.3) is 0 Å². The molecule has 2 aromatic carbocycles. The number of benzene rings is 2. The van der Waals surface area contributed by atoms with Crippen LogP contribution >= 0.6 is 11.8 Å². The molecule has 2 fully saturated rings. The quantitative estimate of drug-likeness (QED) is 0.464. The first-order valence-electron chi connectivity index (χ1n) is 12.6. The molecule has 1 unspecified atom stereocenters. The molecule has 184 valence electrons. The van der Waals surface area contributed by atoms with Crippen molar-refractivity contribution in [3.8, 4) is 5.75 Å². The van der Waals surface area contributed by atoms with E-state index in [9.17, 15) is 4.79 Å². The van der Waals surface area contributed by atoms with E-state index in [0.29, 0.717) is 18.6 Å². The summed E-state index contributed by atoms with van der Waals surface area (Å²) in [4.78, 5) is 19.0. The molecule has 0 aromatic heterocycles. The highest BCUT2D eigenvalue weighted by atomic mass is 32.2. The lowest BCUT2D eigenvalue weighted by atomic mass is 9.81. The number of ether oxygens (including phenoxy) is 2. The van der Waals surface area contributed by atoms with E-state index in [-0.39, 0.29) is 6.09 Å². The van der Waals surface area contributed by atoms with Gasteiger partial charge in [-0.15, -0.1) is 0 Å². The second kappa shape index (κ2) is 12.0. The molecule has 1 atom stereocenters. The van der Waals surface area contributed by atoms with Crippen LogP contribution in [0.15, 0.2) is 58.3 Å². The molecule has 2 saturated heterocycles. The molecule has 2 heterocycles. The van der Waals surface area contributed by atoms with E-state index in [1.54, 1.807) is 18.9 Å². The van der Waals surface area contributed by atoms with Gasteiger partial charge in [0.1, 0.15) is 5.75 Å². The molecule has 5 nitrogen and oxygen atoms in total. The van der Waals surface area contributed by atoms with Crippen LogP contribution in [-0.2, 0) is 4.74 Å². The summed E-state index contributed by atoms with van der Waals surface area (Å²) < 4.78 is 10.4. The highest BCUT2D eigenvalue weighted by Crippen LogP contribution is 2.36. The minimum Gasteiger partial charge on any atom is -0.497 e. The highest BCUT2D eigenvalue weighted by Gasteiger charge is 2.31. The average Bonchev–Trinajstić information content (AvgIpc) is 2.89. The summed E-state index contributed by atoms with van der Waals surface area (Å²) in [6.07, 6.45) is 4.48. The Balaban J connectivity index is 1.24. The first-order chi connectivity index (χ1) is 16.6. The Morgan fingerprint density at radius 1 is 0.941 bits per heavy atom. The number of hydrogen-bond acceptors (Lipinski definition) is 5. The van der Waals surface area contributed by atoms with E-state index < -0.39 is 0 Å². The van der Waals surface area contributed by atoms with Gasteiger partial charge in [0.15, 0.2) is 0 Å². The van der Waals surface area contributed by atoms with Crippen LogP contribution in [0.1, 0.15) is 51.0 Å². The van der Waals surface area contributed by atoms with E-state index in [4.69, 9.17) is 9.47 Å². The molecule has 2 aliphatic rings. The van der Waals surface area contributed by atoms with Crippen LogP contribution < -0.4 is 4.74 Å². The van der Waals surface area contributed by atoms with Crippen LogP contribution in [0.2, 0.25) is 0 Å². The Bertz CT molecular complexity index is 902. The molecule has 1 amide bonds. The number of nitrogens with zero attached hydrogens (tertiary/aromatic N) is 2. The summed E-state index contributed by atoms with van der Waals surface area (Å²) in [5.74, 6) is 2.20. The molecule has 0 radical (unpaired) electrons. The molecule has 34 heavy (non-hydrogen) atoms. The third-order valence-corrected chi connectivity index (χ3v) is 8.50. The fourth-order valence-corrected chi connectivity index (χ4v) is 6.12. The number of methoxy groups -OCH3 is 1. The standard InChI is InChI=1S/C28H38N2O3S/c1-4-33-28(31)30-19-15-24(16-20-30)29-17-13-23(14-18-29)21(2)22-5-9-26(10-6-22)34-27-11-7-25(32-3)8-12-27/h5-12,21,23-24H,4,13-20H2,1-3H3. The Morgan fingerprint density at radius 3 is 2.09 bits per heavy atom. The fraction of sp³-hybridized carbons (Fsp3) is 0.536. The summed E-state index contributed by atoms with van der Waals surface area (Å²) in [5.41, 5.74) is 1.44. The van der Waals surface area contributed by atoms with Gasteiger partial charge in [0.25, 0.3) is 0 Å². The maximum Gasteiger partial charge on any atom is 0.409 e. The second-order valence-corrected chi connectivity index (χ2v) is 10.6. The van der Waals surface area contributed by atoms with Gasteiger partial charge in [0.2, 0.25) is 0 Å². The van der Waals surface area contributed by atoms with Gasteiger partial charge in [-0.3, -0.25) is 0 Å². The molecule has 6 heteroatoms. The van der Waals surface area contributed by atoms with Gasteiger partial charge in [-0.25, -0.2) is 4.79 Å². The fourth-order valence-electron chi connectivity index (χ4n) is 5.30. The van der Waals surface area contributed by atoms with Crippen LogP contribution in [0.5, 0.6) is 5.75 Å². The van der Waals surface area contributed by atoms with Crippen LogP contribution in [0.3, 0.4) is 0 Å². The van der Waals surface area contributed by atoms with Crippen molar-refractivity contribution >= 4 is 17.9 Å². The summed E-state index contributed by atoms with van der Waals surface area (Å²) in [5, 5.41) is 0. The largest absolute Gasteiger partial charge is 0.497 e. The molecule has 0 spiro atoms. The third kappa shape index (κ3) is 6.28. The minimum atomic E-state index is -0.151. The second-order valence-electron chi connectivity index (χ2n) is 9.43. The van der Waals surface area contributed by atoms with Gasteiger partial charge in [0.05, 0.1) is 13.7 Å². The molecule has 0 saturated carbocycles. The third-order valence-electron chi connectivity index (χ3n) is 7.49. The van der Waals surface area contributed by atoms with Crippen molar-refractivity contribution in [1.29, 1.82) is 0 Å². The van der Waals surface area contributed by atoms with E-state index >= 15 is 0 Å². The van der Waals surface area contributed by atoms with Gasteiger partial charge in [-0.2, -0.15) is 0 Å². The highest BCUT2D eigenvalue weighted by molar-refractivity contribution is 7.99. The Morgan fingerprint density at radius 2 is 1.53 bits per heavy atom. The number of amides is 1. The predicted octanol–water partition coefficient (Wildman–Crippen LogP) is 6.28. The SMILES string of the molecule is CCOC(=O)N1CCC(N2CCC(C(C)c3ccc(Sc4ccc(OC)cc4)cc3)CC2)CC1. The number of piperidine rings is 2. The number of carbonyl (C=O) groups excluding carboxylic acids is 1. The van der Waals surface area contributed by atoms with Crippen molar-refractivity contribution in [2.45, 2.75) is 61.3 Å². The Labute approximate surface area is 208 Å². The Kier molecular flexibility index (Phi) is 8.79. The smallest absolute Gasteiger partial charge is 0.409 e. The van der Waals surface area contributed by atoms with Crippen molar-refractivity contribution in [3.63, 3.8) is 0 Å². The van der Waals surface area contributed by atoms with Crippen LogP contribution in [0, 0.1) is 5.92 Å². The topological polar surface area (TPSA) is 42.0 Å². The maximum absolute atomic E-state index is 12.0. The van der Waals surface area contributed by atoms with Gasteiger partial charge < -0.3 is 19.3 Å². The van der Waals surface area contributed by atoms with Crippen molar-refractivity contribution in [1.82, 2.24) is 9.80 Å².